The van der Waals surface area contributed by atoms with Gasteiger partial charge in [0, 0.05) is 35.8 Å². The van der Waals surface area contributed by atoms with Crippen molar-refractivity contribution < 1.29 is 0 Å². The summed E-state index contributed by atoms with van der Waals surface area (Å²) in [4.78, 5) is 6.67. The van der Waals surface area contributed by atoms with Gasteiger partial charge in [-0.3, -0.25) is 4.98 Å². The summed E-state index contributed by atoms with van der Waals surface area (Å²) in [5.74, 6) is 0. The molecule has 0 aliphatic heterocycles. The molecule has 0 radical (unpaired) electrons. The zero-order chi connectivity index (χ0) is 14.2. The fourth-order valence-corrected chi connectivity index (χ4v) is 2.53. The molecule has 98 valence electrons. The standard InChI is InChI=1S/C15H16ClN3/c1-9-13(16)6-5-12-14(9)18-10(2)11(7-8-17)15(12)19(3)4/h5-6H,7H2,1-4H3. The van der Waals surface area contributed by atoms with Crippen LogP contribution in [0.1, 0.15) is 16.8 Å². The highest BCUT2D eigenvalue weighted by atomic mass is 35.5. The summed E-state index contributed by atoms with van der Waals surface area (Å²) >= 11 is 6.17. The van der Waals surface area contributed by atoms with E-state index in [9.17, 15) is 0 Å². The van der Waals surface area contributed by atoms with E-state index in [4.69, 9.17) is 16.9 Å². The highest BCUT2D eigenvalue weighted by molar-refractivity contribution is 6.32. The van der Waals surface area contributed by atoms with Crippen LogP contribution in [-0.2, 0) is 6.42 Å². The molecule has 0 aliphatic rings. The third-order valence-corrected chi connectivity index (χ3v) is 3.73. The number of halogens is 1. The molecule has 0 saturated heterocycles. The molecule has 0 saturated carbocycles. The van der Waals surface area contributed by atoms with Crippen LogP contribution in [0.5, 0.6) is 0 Å². The fraction of sp³-hybridized carbons (Fsp3) is 0.333. The average molecular weight is 274 g/mol. The Hall–Kier alpha value is -1.79. The van der Waals surface area contributed by atoms with E-state index in [0.717, 1.165) is 38.4 Å². The minimum absolute atomic E-state index is 0.365. The number of nitrogens with zero attached hydrogens (tertiary/aromatic N) is 3. The van der Waals surface area contributed by atoms with Gasteiger partial charge in [-0.15, -0.1) is 0 Å². The predicted octanol–water partition coefficient (Wildman–Crippen LogP) is 3.64. The van der Waals surface area contributed by atoms with Crippen LogP contribution in [0.3, 0.4) is 0 Å². The van der Waals surface area contributed by atoms with Gasteiger partial charge < -0.3 is 4.90 Å². The van der Waals surface area contributed by atoms with Crippen molar-refractivity contribution in [3.63, 3.8) is 0 Å². The Morgan fingerprint density at radius 2 is 2.00 bits per heavy atom. The van der Waals surface area contributed by atoms with E-state index in [0.29, 0.717) is 6.42 Å². The molecule has 4 heteroatoms. The molecule has 0 N–H and O–H groups in total. The summed E-state index contributed by atoms with van der Waals surface area (Å²) < 4.78 is 0. The van der Waals surface area contributed by atoms with E-state index < -0.39 is 0 Å². The first-order valence-electron chi connectivity index (χ1n) is 6.10. The maximum Gasteiger partial charge on any atom is 0.0770 e. The van der Waals surface area contributed by atoms with E-state index >= 15 is 0 Å². The van der Waals surface area contributed by atoms with Crippen molar-refractivity contribution in [2.24, 2.45) is 0 Å². The number of anilines is 1. The van der Waals surface area contributed by atoms with Gasteiger partial charge in [-0.05, 0) is 31.5 Å². The van der Waals surface area contributed by atoms with Gasteiger partial charge >= 0.3 is 0 Å². The Bertz CT molecular complexity index is 684. The number of fused-ring (bicyclic) bond motifs is 1. The highest BCUT2D eigenvalue weighted by Gasteiger charge is 2.16. The predicted molar refractivity (Wildman–Crippen MR) is 79.9 cm³/mol. The second kappa shape index (κ2) is 5.07. The Labute approximate surface area is 118 Å². The average Bonchev–Trinajstić information content (AvgIpc) is 2.35. The molecular weight excluding hydrogens is 258 g/mol. The third-order valence-electron chi connectivity index (χ3n) is 3.33. The van der Waals surface area contributed by atoms with Crippen LogP contribution < -0.4 is 4.90 Å². The SMILES string of the molecule is Cc1nc2c(C)c(Cl)ccc2c(N(C)C)c1CC#N. The van der Waals surface area contributed by atoms with E-state index in [-0.39, 0.29) is 0 Å². The van der Waals surface area contributed by atoms with E-state index in [2.05, 4.69) is 11.1 Å². The summed E-state index contributed by atoms with van der Waals surface area (Å²) in [6.07, 6.45) is 0.365. The van der Waals surface area contributed by atoms with Crippen molar-refractivity contribution in [3.05, 3.63) is 34.0 Å². The number of aromatic nitrogens is 1. The van der Waals surface area contributed by atoms with Crippen LogP contribution in [0, 0.1) is 25.2 Å². The normalized spacial score (nSPS) is 10.5. The lowest BCUT2D eigenvalue weighted by Crippen LogP contribution is -2.14. The van der Waals surface area contributed by atoms with Crippen molar-refractivity contribution >= 4 is 28.2 Å². The van der Waals surface area contributed by atoms with Gasteiger partial charge in [-0.2, -0.15) is 5.26 Å². The third kappa shape index (κ3) is 2.24. The number of rotatable bonds is 2. The molecule has 0 amide bonds. The number of aryl methyl sites for hydroxylation is 2. The highest BCUT2D eigenvalue weighted by Crippen LogP contribution is 2.34. The second-order valence-electron chi connectivity index (χ2n) is 4.82. The van der Waals surface area contributed by atoms with Crippen LogP contribution in [0.15, 0.2) is 12.1 Å². The van der Waals surface area contributed by atoms with E-state index in [1.807, 2.05) is 45.0 Å². The Morgan fingerprint density at radius 1 is 1.32 bits per heavy atom. The molecule has 0 aliphatic carbocycles. The van der Waals surface area contributed by atoms with Crippen molar-refractivity contribution in [2.75, 3.05) is 19.0 Å². The summed E-state index contributed by atoms with van der Waals surface area (Å²) in [5.41, 5.74) is 4.83. The van der Waals surface area contributed by atoms with Crippen LogP contribution in [-0.4, -0.2) is 19.1 Å². The number of hydrogen-bond donors (Lipinski definition) is 0. The van der Waals surface area contributed by atoms with Crippen LogP contribution >= 0.6 is 11.6 Å². The fourth-order valence-electron chi connectivity index (χ4n) is 2.38. The molecule has 0 spiro atoms. The topological polar surface area (TPSA) is 39.9 Å². The monoisotopic (exact) mass is 273 g/mol. The Morgan fingerprint density at radius 3 is 2.58 bits per heavy atom. The van der Waals surface area contributed by atoms with Gasteiger partial charge in [0.2, 0.25) is 0 Å². The first kappa shape index (κ1) is 13.6. The molecule has 2 aromatic rings. The quantitative estimate of drug-likeness (QED) is 0.839. The van der Waals surface area contributed by atoms with Gasteiger partial charge in [0.15, 0.2) is 0 Å². The molecule has 0 bridgehead atoms. The number of hydrogen-bond acceptors (Lipinski definition) is 3. The lowest BCUT2D eigenvalue weighted by atomic mass is 10.0. The minimum Gasteiger partial charge on any atom is -0.377 e. The van der Waals surface area contributed by atoms with Crippen LogP contribution in [0.2, 0.25) is 5.02 Å². The molecule has 1 aromatic heterocycles. The number of nitriles is 1. The van der Waals surface area contributed by atoms with Crippen molar-refractivity contribution in [1.29, 1.82) is 5.26 Å². The Kier molecular flexibility index (Phi) is 3.64. The number of pyridine rings is 1. The van der Waals surface area contributed by atoms with Crippen LogP contribution in [0.4, 0.5) is 5.69 Å². The molecule has 0 fully saturated rings. The summed E-state index contributed by atoms with van der Waals surface area (Å²) in [5, 5.41) is 10.8. The molecule has 1 heterocycles. The van der Waals surface area contributed by atoms with Gasteiger partial charge in [0.05, 0.1) is 23.7 Å². The summed E-state index contributed by atoms with van der Waals surface area (Å²) in [6.45, 7) is 3.92. The van der Waals surface area contributed by atoms with Gasteiger partial charge in [0.25, 0.3) is 0 Å². The minimum atomic E-state index is 0.365. The number of benzene rings is 1. The maximum atomic E-state index is 9.00. The molecular formula is C15H16ClN3. The first-order chi connectivity index (χ1) is 8.97. The molecule has 0 atom stereocenters. The smallest absolute Gasteiger partial charge is 0.0770 e. The molecule has 3 nitrogen and oxygen atoms in total. The zero-order valence-corrected chi connectivity index (χ0v) is 12.3. The molecule has 19 heavy (non-hydrogen) atoms. The first-order valence-corrected chi connectivity index (χ1v) is 6.47. The Balaban J connectivity index is 2.93. The maximum absolute atomic E-state index is 9.00. The van der Waals surface area contributed by atoms with E-state index in [1.165, 1.54) is 0 Å². The molecule has 0 unspecified atom stereocenters. The zero-order valence-electron chi connectivity index (χ0n) is 11.6. The van der Waals surface area contributed by atoms with E-state index in [1.54, 1.807) is 0 Å². The lowest BCUT2D eigenvalue weighted by molar-refractivity contribution is 1.06. The van der Waals surface area contributed by atoms with Gasteiger partial charge in [-0.25, -0.2) is 0 Å². The van der Waals surface area contributed by atoms with Crippen molar-refractivity contribution in [2.45, 2.75) is 20.3 Å². The van der Waals surface area contributed by atoms with Crippen LogP contribution in [0.25, 0.3) is 10.9 Å². The molecule has 1 aromatic carbocycles. The largest absolute Gasteiger partial charge is 0.377 e. The summed E-state index contributed by atoms with van der Waals surface area (Å²) in [6, 6.07) is 6.09. The van der Waals surface area contributed by atoms with Gasteiger partial charge in [0.1, 0.15) is 0 Å². The van der Waals surface area contributed by atoms with Crippen molar-refractivity contribution in [3.8, 4) is 6.07 Å². The molecule has 2 rings (SSSR count). The van der Waals surface area contributed by atoms with Gasteiger partial charge in [-0.1, -0.05) is 11.6 Å². The second-order valence-corrected chi connectivity index (χ2v) is 5.23. The lowest BCUT2D eigenvalue weighted by Gasteiger charge is -2.21. The summed E-state index contributed by atoms with van der Waals surface area (Å²) in [7, 11) is 3.97. The van der Waals surface area contributed by atoms with Crippen molar-refractivity contribution in [1.82, 2.24) is 4.98 Å².